The van der Waals surface area contributed by atoms with E-state index in [1.54, 1.807) is 0 Å². The van der Waals surface area contributed by atoms with Crippen molar-refractivity contribution in [2.45, 2.75) is 129 Å². The minimum Gasteiger partial charge on any atom is -0.550 e. The largest absolute Gasteiger partial charge is 0.550 e. The van der Waals surface area contributed by atoms with Crippen LogP contribution in [0.1, 0.15) is 129 Å². The number of unbranched alkanes of at least 4 members (excludes halogenated alkanes) is 11. The van der Waals surface area contributed by atoms with Crippen LogP contribution in [0.25, 0.3) is 0 Å². The van der Waals surface area contributed by atoms with E-state index in [1.165, 1.54) is 44.9 Å². The van der Waals surface area contributed by atoms with Crippen molar-refractivity contribution >= 4 is 17.9 Å². The second-order valence-electron chi connectivity index (χ2n) is 10.3. The average Bonchev–Trinajstić information content (AvgIpc) is 2.82. The van der Waals surface area contributed by atoms with Crippen LogP contribution in [0.2, 0.25) is 0 Å². The zero-order valence-corrected chi connectivity index (χ0v) is 22.9. The average molecular weight is 512 g/mol. The smallest absolute Gasteiger partial charge is 0.303 e. The summed E-state index contributed by atoms with van der Waals surface area (Å²) in [6.07, 6.45) is 21.4. The highest BCUT2D eigenvalue weighted by molar-refractivity contribution is 5.66. The Balaban J connectivity index is 4.68. The zero-order chi connectivity index (χ0) is 26.9. The zero-order valence-electron chi connectivity index (χ0n) is 22.9. The molecule has 0 fully saturated rings. The number of carboxylic acid groups (broad SMARTS) is 3. The summed E-state index contributed by atoms with van der Waals surface area (Å²) in [6.45, 7) is 5.81. The first kappa shape index (κ1) is 34.1. The minimum absolute atomic E-state index is 0.0606. The van der Waals surface area contributed by atoms with Gasteiger partial charge < -0.3 is 24.6 Å². The number of carbonyl (C=O) groups excluding carboxylic acids is 1. The highest BCUT2D eigenvalue weighted by Crippen LogP contribution is 2.19. The summed E-state index contributed by atoms with van der Waals surface area (Å²) in [7, 11) is 0. The number of quaternary nitrogens is 1. The summed E-state index contributed by atoms with van der Waals surface area (Å²) in [5, 5.41) is 28.8. The lowest BCUT2D eigenvalue weighted by Crippen LogP contribution is -2.51. The standard InChI is InChI=1S/C29H53NO6/c1-2-3-4-5-6-7-8-9-10-11-12-16-23-30(24-17-13-20-27(31)32,25-18-14-21-28(33)34)26-19-15-22-29(35)36/h6-7H,2-5,8-26H2,1H3,(H2-,31,32,33,34,35,36)/b7-6+. The number of allylic oxidation sites excluding steroid dienone is 2. The molecule has 0 spiro atoms. The second kappa shape index (κ2) is 23.5. The molecule has 7 nitrogen and oxygen atoms in total. The third-order valence-electron chi connectivity index (χ3n) is 6.95. The fourth-order valence-electron chi connectivity index (χ4n) is 4.82. The van der Waals surface area contributed by atoms with E-state index in [1.807, 2.05) is 0 Å². The Morgan fingerprint density at radius 2 is 0.972 bits per heavy atom. The molecule has 0 aliphatic carbocycles. The van der Waals surface area contributed by atoms with E-state index in [4.69, 9.17) is 10.2 Å². The molecule has 0 heterocycles. The third kappa shape index (κ3) is 22.6. The Morgan fingerprint density at radius 3 is 1.42 bits per heavy atom. The molecular formula is C29H53NO6. The molecule has 0 aromatic carbocycles. The van der Waals surface area contributed by atoms with Gasteiger partial charge in [0.1, 0.15) is 0 Å². The normalized spacial score (nSPS) is 11.8. The lowest BCUT2D eigenvalue weighted by molar-refractivity contribution is -0.929. The predicted octanol–water partition coefficient (Wildman–Crippen LogP) is 5.71. The number of aliphatic carboxylic acids is 3. The molecule has 0 aliphatic rings. The number of hydrogen-bond acceptors (Lipinski definition) is 4. The lowest BCUT2D eigenvalue weighted by Gasteiger charge is -2.39. The van der Waals surface area contributed by atoms with Gasteiger partial charge >= 0.3 is 11.9 Å². The molecule has 2 N–H and O–H groups in total. The second-order valence-corrected chi connectivity index (χ2v) is 10.3. The molecule has 0 aromatic heterocycles. The Kier molecular flexibility index (Phi) is 22.3. The SMILES string of the molecule is CCCCC/C=C/CCCCCCC[N+](CCCCC(=O)[O-])(CCCCC(=O)O)CCCCC(=O)O. The summed E-state index contributed by atoms with van der Waals surface area (Å²) >= 11 is 0. The van der Waals surface area contributed by atoms with E-state index in [-0.39, 0.29) is 19.3 Å². The van der Waals surface area contributed by atoms with E-state index >= 15 is 0 Å². The summed E-state index contributed by atoms with van der Waals surface area (Å²) < 4.78 is 0.840. The van der Waals surface area contributed by atoms with Gasteiger partial charge in [0.15, 0.2) is 0 Å². The Labute approximate surface area is 219 Å². The molecule has 0 saturated heterocycles. The predicted molar refractivity (Wildman–Crippen MR) is 143 cm³/mol. The van der Waals surface area contributed by atoms with E-state index in [2.05, 4.69) is 19.1 Å². The fraction of sp³-hybridized carbons (Fsp3) is 0.828. The van der Waals surface area contributed by atoms with Crippen LogP contribution in [0.15, 0.2) is 12.2 Å². The Bertz CT molecular complexity index is 550. The van der Waals surface area contributed by atoms with Crippen LogP contribution in [0.5, 0.6) is 0 Å². The Hall–Kier alpha value is -1.89. The Morgan fingerprint density at radius 1 is 0.583 bits per heavy atom. The first-order valence-electron chi connectivity index (χ1n) is 14.4. The molecule has 0 amide bonds. The van der Waals surface area contributed by atoms with Crippen LogP contribution in [0.4, 0.5) is 0 Å². The molecule has 0 radical (unpaired) electrons. The van der Waals surface area contributed by atoms with Crippen LogP contribution in [0, 0.1) is 0 Å². The number of rotatable bonds is 27. The molecule has 0 aromatic rings. The minimum atomic E-state index is -1.02. The first-order valence-corrected chi connectivity index (χ1v) is 14.4. The number of carbonyl (C=O) groups is 3. The van der Waals surface area contributed by atoms with Gasteiger partial charge in [0.25, 0.3) is 0 Å². The van der Waals surface area contributed by atoms with Crippen molar-refractivity contribution in [2.75, 3.05) is 26.2 Å². The first-order chi connectivity index (χ1) is 17.3. The molecule has 36 heavy (non-hydrogen) atoms. The summed E-state index contributed by atoms with van der Waals surface area (Å²) in [5.41, 5.74) is 0. The van der Waals surface area contributed by atoms with Crippen molar-refractivity contribution in [2.24, 2.45) is 0 Å². The van der Waals surface area contributed by atoms with E-state index in [0.717, 1.165) is 69.2 Å². The van der Waals surface area contributed by atoms with Crippen molar-refractivity contribution in [3.8, 4) is 0 Å². The maximum atomic E-state index is 10.9. The van der Waals surface area contributed by atoms with E-state index in [9.17, 15) is 19.5 Å². The topological polar surface area (TPSA) is 115 Å². The lowest BCUT2D eigenvalue weighted by atomic mass is 10.1. The van der Waals surface area contributed by atoms with Gasteiger partial charge in [-0.25, -0.2) is 0 Å². The van der Waals surface area contributed by atoms with Crippen LogP contribution in [0.3, 0.4) is 0 Å². The molecule has 0 rings (SSSR count). The molecule has 0 aliphatic heterocycles. The molecule has 0 atom stereocenters. The van der Waals surface area contributed by atoms with Gasteiger partial charge in [-0.2, -0.15) is 0 Å². The highest BCUT2D eigenvalue weighted by Gasteiger charge is 2.26. The van der Waals surface area contributed by atoms with Crippen molar-refractivity contribution < 1.29 is 34.2 Å². The maximum absolute atomic E-state index is 10.9. The molecule has 210 valence electrons. The fourth-order valence-corrected chi connectivity index (χ4v) is 4.82. The molecule has 0 bridgehead atoms. The highest BCUT2D eigenvalue weighted by atomic mass is 16.4. The van der Waals surface area contributed by atoms with E-state index < -0.39 is 17.9 Å². The molecule has 0 unspecified atom stereocenters. The number of carboxylic acids is 3. The summed E-state index contributed by atoms with van der Waals surface area (Å²) in [5.74, 6) is -2.58. The van der Waals surface area contributed by atoms with Gasteiger partial charge in [0.2, 0.25) is 0 Å². The van der Waals surface area contributed by atoms with Gasteiger partial charge in [-0.15, -0.1) is 0 Å². The summed E-state index contributed by atoms with van der Waals surface area (Å²) in [6, 6.07) is 0. The van der Waals surface area contributed by atoms with Crippen LogP contribution >= 0.6 is 0 Å². The quantitative estimate of drug-likeness (QED) is 0.0829. The van der Waals surface area contributed by atoms with Crippen molar-refractivity contribution in [1.82, 2.24) is 0 Å². The van der Waals surface area contributed by atoms with Gasteiger partial charge in [0, 0.05) is 18.8 Å². The van der Waals surface area contributed by atoms with Crippen LogP contribution < -0.4 is 5.11 Å². The van der Waals surface area contributed by atoms with Gasteiger partial charge in [-0.1, -0.05) is 44.8 Å². The third-order valence-corrected chi connectivity index (χ3v) is 6.95. The number of hydrogen-bond donors (Lipinski definition) is 2. The van der Waals surface area contributed by atoms with Crippen LogP contribution in [-0.2, 0) is 14.4 Å². The molecule has 0 saturated carbocycles. The monoisotopic (exact) mass is 511 g/mol. The molecule has 7 heteroatoms. The van der Waals surface area contributed by atoms with Crippen molar-refractivity contribution in [3.63, 3.8) is 0 Å². The summed E-state index contributed by atoms with van der Waals surface area (Å²) in [4.78, 5) is 32.7. The van der Waals surface area contributed by atoms with Crippen molar-refractivity contribution in [3.05, 3.63) is 12.2 Å². The molecular weight excluding hydrogens is 458 g/mol. The van der Waals surface area contributed by atoms with Gasteiger partial charge in [0.05, 0.1) is 26.2 Å². The van der Waals surface area contributed by atoms with Gasteiger partial charge in [-0.3, -0.25) is 9.59 Å². The van der Waals surface area contributed by atoms with Gasteiger partial charge in [-0.05, 0) is 83.5 Å². The van der Waals surface area contributed by atoms with E-state index in [0.29, 0.717) is 19.3 Å². The van der Waals surface area contributed by atoms with Crippen molar-refractivity contribution in [1.29, 1.82) is 0 Å². The maximum Gasteiger partial charge on any atom is 0.303 e. The number of nitrogens with zero attached hydrogens (tertiary/aromatic N) is 1. The van der Waals surface area contributed by atoms with Crippen LogP contribution in [-0.4, -0.2) is 58.8 Å².